The fourth-order valence-corrected chi connectivity index (χ4v) is 5.40. The molecule has 0 aliphatic heterocycles. The molecule has 1 unspecified atom stereocenters. The van der Waals surface area contributed by atoms with E-state index in [0.717, 1.165) is 12.8 Å². The van der Waals surface area contributed by atoms with Crippen LogP contribution in [0.2, 0.25) is 4.34 Å². The lowest BCUT2D eigenvalue weighted by Gasteiger charge is -2.37. The van der Waals surface area contributed by atoms with Crippen molar-refractivity contribution >= 4 is 28.8 Å². The molecule has 28 heavy (non-hydrogen) atoms. The maximum atomic E-state index is 12.5. The molecule has 0 radical (unpaired) electrons. The average molecular weight is 421 g/mol. The molecule has 4 nitrogen and oxygen atoms in total. The normalized spacial score (nSPS) is 20.8. The molecule has 1 aliphatic carbocycles. The van der Waals surface area contributed by atoms with Crippen LogP contribution in [0.15, 0.2) is 35.7 Å². The van der Waals surface area contributed by atoms with Gasteiger partial charge in [0.2, 0.25) is 0 Å². The van der Waals surface area contributed by atoms with Gasteiger partial charge in [-0.25, -0.2) is 0 Å². The minimum absolute atomic E-state index is 0.0995. The number of carbonyl (C=O) groups is 1. The second-order valence-corrected chi connectivity index (χ2v) is 9.25. The smallest absolute Gasteiger partial charge is 0.255 e. The lowest BCUT2D eigenvalue weighted by atomic mass is 9.76. The summed E-state index contributed by atoms with van der Waals surface area (Å²) in [5.41, 5.74) is 1.92. The highest BCUT2D eigenvalue weighted by molar-refractivity contribution is 7.15. The molecule has 6 heteroatoms. The Bertz CT molecular complexity index is 770. The first-order valence-electron chi connectivity index (χ1n) is 9.81. The Labute approximate surface area is 176 Å². The number of nitrogens with one attached hydrogen (secondary N) is 1. The van der Waals surface area contributed by atoms with E-state index in [0.29, 0.717) is 40.1 Å². The number of rotatable bonds is 7. The topological polar surface area (TPSA) is 41.6 Å². The zero-order valence-corrected chi connectivity index (χ0v) is 18.4. The molecular formula is C22H29ClN2O2S. The predicted molar refractivity (Wildman–Crippen MR) is 117 cm³/mol. The first kappa shape index (κ1) is 21.2. The van der Waals surface area contributed by atoms with Crippen LogP contribution in [0.4, 0.5) is 0 Å². The van der Waals surface area contributed by atoms with E-state index >= 15 is 0 Å². The highest BCUT2D eigenvalue weighted by atomic mass is 35.5. The van der Waals surface area contributed by atoms with Crippen LogP contribution in [0.1, 0.15) is 47.6 Å². The highest BCUT2D eigenvalue weighted by Gasteiger charge is 2.30. The van der Waals surface area contributed by atoms with E-state index in [9.17, 15) is 4.79 Å². The maximum absolute atomic E-state index is 12.5. The van der Waals surface area contributed by atoms with Crippen molar-refractivity contribution in [3.8, 4) is 5.75 Å². The van der Waals surface area contributed by atoms with E-state index in [-0.39, 0.29) is 5.91 Å². The second kappa shape index (κ2) is 9.77. The van der Waals surface area contributed by atoms with E-state index < -0.39 is 0 Å². The molecule has 3 rings (SSSR count). The van der Waals surface area contributed by atoms with Crippen molar-refractivity contribution in [1.82, 2.24) is 10.2 Å². The summed E-state index contributed by atoms with van der Waals surface area (Å²) in [7, 11) is 5.88. The minimum atomic E-state index is -0.0995. The molecule has 2 aromatic rings. The lowest BCUT2D eigenvalue weighted by Crippen LogP contribution is -2.34. The number of ether oxygens (including phenoxy) is 1. The maximum Gasteiger partial charge on any atom is 0.255 e. The Hall–Kier alpha value is -1.56. The van der Waals surface area contributed by atoms with Crippen molar-refractivity contribution in [3.05, 3.63) is 51.2 Å². The molecule has 0 bridgehead atoms. The van der Waals surface area contributed by atoms with Gasteiger partial charge in [0.05, 0.1) is 12.7 Å². The van der Waals surface area contributed by atoms with Crippen LogP contribution in [-0.4, -0.2) is 38.6 Å². The lowest BCUT2D eigenvalue weighted by molar-refractivity contribution is 0.0932. The number of nitrogens with zero attached hydrogens (tertiary/aromatic N) is 1. The fourth-order valence-electron chi connectivity index (χ4n) is 4.35. The Morgan fingerprint density at radius 1 is 1.25 bits per heavy atom. The molecule has 1 aromatic carbocycles. The predicted octanol–water partition coefficient (Wildman–Crippen LogP) is 5.25. The molecule has 1 N–H and O–H groups in total. The SMILES string of the molecule is COc1c(C(=O)NCC2CCC(C(c3ccccc3)N(C)C)CC2)csc1Cl. The average Bonchev–Trinajstić information content (AvgIpc) is 3.08. The summed E-state index contributed by atoms with van der Waals surface area (Å²) in [6, 6.07) is 11.2. The molecule has 1 aliphatic rings. The number of methoxy groups -OCH3 is 1. The zero-order chi connectivity index (χ0) is 20.1. The molecule has 1 amide bonds. The van der Waals surface area contributed by atoms with Gasteiger partial charge in [0.15, 0.2) is 5.75 Å². The van der Waals surface area contributed by atoms with Gasteiger partial charge in [-0.1, -0.05) is 41.9 Å². The van der Waals surface area contributed by atoms with Crippen LogP contribution in [0, 0.1) is 11.8 Å². The van der Waals surface area contributed by atoms with Gasteiger partial charge in [-0.15, -0.1) is 11.3 Å². The molecule has 0 spiro atoms. The van der Waals surface area contributed by atoms with Crippen molar-refractivity contribution < 1.29 is 9.53 Å². The van der Waals surface area contributed by atoms with E-state index in [4.69, 9.17) is 16.3 Å². The number of carbonyl (C=O) groups excluding carboxylic acids is 1. The van der Waals surface area contributed by atoms with Gasteiger partial charge in [-0.3, -0.25) is 4.79 Å². The molecule has 1 heterocycles. The Morgan fingerprint density at radius 2 is 1.93 bits per heavy atom. The molecular weight excluding hydrogens is 392 g/mol. The van der Waals surface area contributed by atoms with E-state index in [2.05, 4.69) is 54.6 Å². The summed E-state index contributed by atoms with van der Waals surface area (Å²) >= 11 is 7.39. The molecule has 0 saturated heterocycles. The van der Waals surface area contributed by atoms with Crippen molar-refractivity contribution in [2.24, 2.45) is 11.8 Å². The Morgan fingerprint density at radius 3 is 2.54 bits per heavy atom. The van der Waals surface area contributed by atoms with Crippen LogP contribution >= 0.6 is 22.9 Å². The summed E-state index contributed by atoms with van der Waals surface area (Å²) in [5.74, 6) is 1.56. The van der Waals surface area contributed by atoms with E-state index in [1.165, 1.54) is 29.7 Å². The minimum Gasteiger partial charge on any atom is -0.493 e. The number of hydrogen-bond donors (Lipinski definition) is 1. The number of thiophene rings is 1. The van der Waals surface area contributed by atoms with Gasteiger partial charge in [-0.2, -0.15) is 0 Å². The van der Waals surface area contributed by atoms with Gasteiger partial charge >= 0.3 is 0 Å². The molecule has 152 valence electrons. The number of benzene rings is 1. The highest BCUT2D eigenvalue weighted by Crippen LogP contribution is 2.39. The first-order chi connectivity index (χ1) is 13.5. The monoisotopic (exact) mass is 420 g/mol. The first-order valence-corrected chi connectivity index (χ1v) is 11.1. The zero-order valence-electron chi connectivity index (χ0n) is 16.8. The Kier molecular flexibility index (Phi) is 7.38. The van der Waals surface area contributed by atoms with Gasteiger partial charge in [0.1, 0.15) is 4.34 Å². The van der Waals surface area contributed by atoms with Gasteiger partial charge in [0.25, 0.3) is 5.91 Å². The van der Waals surface area contributed by atoms with E-state index in [1.54, 1.807) is 12.5 Å². The quantitative estimate of drug-likeness (QED) is 0.665. The molecule has 1 atom stereocenters. The largest absolute Gasteiger partial charge is 0.493 e. The van der Waals surface area contributed by atoms with Gasteiger partial charge in [0, 0.05) is 18.0 Å². The second-order valence-electron chi connectivity index (χ2n) is 7.77. The van der Waals surface area contributed by atoms with Crippen molar-refractivity contribution in [3.63, 3.8) is 0 Å². The molecule has 1 aromatic heterocycles. The standard InChI is InChI=1S/C22H29ClN2O2S/c1-25(2)19(16-7-5-4-6-8-16)17-11-9-15(10-12-17)13-24-22(26)18-14-28-21(23)20(18)27-3/h4-8,14-15,17,19H,9-13H2,1-3H3,(H,24,26). The molecule has 1 saturated carbocycles. The number of halogens is 1. The fraction of sp³-hybridized carbons (Fsp3) is 0.500. The van der Waals surface area contributed by atoms with Crippen LogP contribution in [0.5, 0.6) is 5.75 Å². The van der Waals surface area contributed by atoms with Crippen LogP contribution < -0.4 is 10.1 Å². The van der Waals surface area contributed by atoms with Crippen molar-refractivity contribution in [2.45, 2.75) is 31.7 Å². The van der Waals surface area contributed by atoms with Gasteiger partial charge in [-0.05, 0) is 57.2 Å². The number of hydrogen-bond acceptors (Lipinski definition) is 4. The summed E-state index contributed by atoms with van der Waals surface area (Å²) in [6.07, 6.45) is 4.66. The van der Waals surface area contributed by atoms with Crippen molar-refractivity contribution in [2.75, 3.05) is 27.7 Å². The van der Waals surface area contributed by atoms with Crippen LogP contribution in [-0.2, 0) is 0 Å². The summed E-state index contributed by atoms with van der Waals surface area (Å²) < 4.78 is 5.76. The van der Waals surface area contributed by atoms with Crippen LogP contribution in [0.25, 0.3) is 0 Å². The Balaban J connectivity index is 1.53. The van der Waals surface area contributed by atoms with Gasteiger partial charge < -0.3 is 15.0 Å². The summed E-state index contributed by atoms with van der Waals surface area (Å²) in [4.78, 5) is 14.8. The number of amides is 1. The summed E-state index contributed by atoms with van der Waals surface area (Å²) in [5, 5.41) is 4.83. The third-order valence-corrected chi connectivity index (χ3v) is 6.92. The van der Waals surface area contributed by atoms with Crippen molar-refractivity contribution in [1.29, 1.82) is 0 Å². The third kappa shape index (κ3) is 4.88. The summed E-state index contributed by atoms with van der Waals surface area (Å²) in [6.45, 7) is 0.708. The third-order valence-electron chi connectivity index (χ3n) is 5.74. The van der Waals surface area contributed by atoms with E-state index in [1.807, 2.05) is 0 Å². The van der Waals surface area contributed by atoms with Crippen LogP contribution in [0.3, 0.4) is 0 Å². The molecule has 1 fully saturated rings.